The third-order valence-electron chi connectivity index (χ3n) is 3.07. The Morgan fingerprint density at radius 1 is 1.29 bits per heavy atom. The monoisotopic (exact) mass is 244 g/mol. The van der Waals surface area contributed by atoms with E-state index in [0.29, 0.717) is 18.6 Å². The maximum Gasteiger partial charge on any atom is 0.404 e. The van der Waals surface area contributed by atoms with Crippen molar-refractivity contribution in [2.24, 2.45) is 11.7 Å². The van der Waals surface area contributed by atoms with E-state index in [1.54, 1.807) is 0 Å². The van der Waals surface area contributed by atoms with Crippen molar-refractivity contribution in [3.05, 3.63) is 0 Å². The van der Waals surface area contributed by atoms with Crippen LogP contribution in [0.15, 0.2) is 0 Å². The molecule has 0 fully saturated rings. The highest BCUT2D eigenvalue weighted by Gasteiger charge is 2.19. The Morgan fingerprint density at radius 2 is 2.00 bits per heavy atom. The number of hydrogen-bond acceptors (Lipinski definition) is 3. The first-order chi connectivity index (χ1) is 8.15. The zero-order valence-electron chi connectivity index (χ0n) is 11.5. The third kappa shape index (κ3) is 8.02. The number of carbonyl (C=O) groups excluding carboxylic acids is 1. The molecule has 0 aliphatic heterocycles. The highest BCUT2D eigenvalue weighted by atomic mass is 16.5. The lowest BCUT2D eigenvalue weighted by Crippen LogP contribution is -2.39. The van der Waals surface area contributed by atoms with Gasteiger partial charge in [0.2, 0.25) is 0 Å². The Labute approximate surface area is 105 Å². The largest absolute Gasteiger partial charge is 0.449 e. The summed E-state index contributed by atoms with van der Waals surface area (Å²) in [6.45, 7) is 7.95. The molecule has 0 saturated carbocycles. The van der Waals surface area contributed by atoms with Crippen LogP contribution >= 0.6 is 0 Å². The Balaban J connectivity index is 4.14. The van der Waals surface area contributed by atoms with Crippen LogP contribution in [0.25, 0.3) is 0 Å². The molecule has 0 spiro atoms. The van der Waals surface area contributed by atoms with Gasteiger partial charge in [0.05, 0.1) is 6.61 Å². The van der Waals surface area contributed by atoms with Crippen molar-refractivity contribution in [1.82, 2.24) is 5.32 Å². The standard InChI is InChI=1S/C13H28N2O2/c1-4-7-9-15-12(8-5-2)11(6-3)10-17-13(14)16/h11-12,15H,4-10H2,1-3H3,(H2,14,16). The van der Waals surface area contributed by atoms with Crippen LogP contribution < -0.4 is 11.1 Å². The summed E-state index contributed by atoms with van der Waals surface area (Å²) < 4.78 is 4.93. The maximum atomic E-state index is 10.6. The Hall–Kier alpha value is -0.770. The van der Waals surface area contributed by atoms with Gasteiger partial charge in [-0.05, 0) is 25.8 Å². The van der Waals surface area contributed by atoms with Gasteiger partial charge in [0.25, 0.3) is 0 Å². The second kappa shape index (κ2) is 10.4. The predicted octanol–water partition coefficient (Wildman–Crippen LogP) is 2.67. The Kier molecular flexibility index (Phi) is 9.92. The summed E-state index contributed by atoms with van der Waals surface area (Å²) in [5.41, 5.74) is 5.01. The molecule has 0 radical (unpaired) electrons. The number of unbranched alkanes of at least 4 members (excludes halogenated alkanes) is 1. The average molecular weight is 244 g/mol. The molecule has 0 rings (SSSR count). The molecule has 0 aliphatic rings. The summed E-state index contributed by atoms with van der Waals surface area (Å²) in [5, 5.41) is 3.56. The van der Waals surface area contributed by atoms with Crippen molar-refractivity contribution in [3.63, 3.8) is 0 Å². The Bertz CT molecular complexity index is 198. The van der Waals surface area contributed by atoms with Gasteiger partial charge in [-0.3, -0.25) is 0 Å². The first kappa shape index (κ1) is 16.2. The van der Waals surface area contributed by atoms with Crippen LogP contribution in [0.1, 0.15) is 52.9 Å². The molecule has 102 valence electrons. The zero-order chi connectivity index (χ0) is 13.1. The quantitative estimate of drug-likeness (QED) is 0.581. The summed E-state index contributed by atoms with van der Waals surface area (Å²) in [6.07, 6.45) is 4.96. The van der Waals surface area contributed by atoms with Crippen LogP contribution in [0.4, 0.5) is 4.79 Å². The number of primary amides is 1. The van der Waals surface area contributed by atoms with Crippen molar-refractivity contribution >= 4 is 6.09 Å². The number of amides is 1. The number of ether oxygens (including phenoxy) is 1. The first-order valence-corrected chi connectivity index (χ1v) is 6.81. The molecule has 0 aromatic rings. The van der Waals surface area contributed by atoms with Crippen LogP contribution in [-0.2, 0) is 4.74 Å². The second-order valence-corrected chi connectivity index (χ2v) is 4.50. The molecule has 3 N–H and O–H groups in total. The van der Waals surface area contributed by atoms with E-state index >= 15 is 0 Å². The molecule has 4 heteroatoms. The summed E-state index contributed by atoms with van der Waals surface area (Å²) in [4.78, 5) is 10.6. The molecule has 2 atom stereocenters. The highest BCUT2D eigenvalue weighted by molar-refractivity contribution is 5.64. The van der Waals surface area contributed by atoms with E-state index in [9.17, 15) is 4.79 Å². The molecule has 0 saturated heterocycles. The predicted molar refractivity (Wildman–Crippen MR) is 70.9 cm³/mol. The van der Waals surface area contributed by atoms with Gasteiger partial charge in [0.1, 0.15) is 0 Å². The van der Waals surface area contributed by atoms with E-state index < -0.39 is 6.09 Å². The van der Waals surface area contributed by atoms with Gasteiger partial charge in [0.15, 0.2) is 0 Å². The average Bonchev–Trinajstić information content (AvgIpc) is 2.29. The fourth-order valence-corrected chi connectivity index (χ4v) is 1.99. The SMILES string of the molecule is CCCCNC(CCC)C(CC)COC(N)=O. The molecule has 0 aliphatic carbocycles. The van der Waals surface area contributed by atoms with Crippen molar-refractivity contribution in [2.45, 2.75) is 58.9 Å². The van der Waals surface area contributed by atoms with E-state index in [0.717, 1.165) is 25.8 Å². The highest BCUT2D eigenvalue weighted by Crippen LogP contribution is 2.14. The van der Waals surface area contributed by atoms with Gasteiger partial charge in [-0.15, -0.1) is 0 Å². The number of hydrogen-bond donors (Lipinski definition) is 2. The lowest BCUT2D eigenvalue weighted by Gasteiger charge is -2.26. The minimum absolute atomic E-state index is 0.360. The van der Waals surface area contributed by atoms with Crippen LogP contribution in [0.5, 0.6) is 0 Å². The first-order valence-electron chi connectivity index (χ1n) is 6.81. The number of carbonyl (C=O) groups is 1. The maximum absolute atomic E-state index is 10.6. The van der Waals surface area contributed by atoms with Crippen LogP contribution in [0, 0.1) is 5.92 Å². The molecule has 0 heterocycles. The van der Waals surface area contributed by atoms with Crippen molar-refractivity contribution in [1.29, 1.82) is 0 Å². The Morgan fingerprint density at radius 3 is 2.47 bits per heavy atom. The van der Waals surface area contributed by atoms with Crippen LogP contribution in [-0.4, -0.2) is 25.3 Å². The molecule has 2 unspecified atom stereocenters. The van der Waals surface area contributed by atoms with Gasteiger partial charge < -0.3 is 15.8 Å². The molecule has 1 amide bonds. The lowest BCUT2D eigenvalue weighted by molar-refractivity contribution is 0.120. The third-order valence-corrected chi connectivity index (χ3v) is 3.07. The van der Waals surface area contributed by atoms with Gasteiger partial charge >= 0.3 is 6.09 Å². The summed E-state index contributed by atoms with van der Waals surface area (Å²) in [6, 6.07) is 0.427. The van der Waals surface area contributed by atoms with Gasteiger partial charge in [0, 0.05) is 12.0 Å². The van der Waals surface area contributed by atoms with Crippen molar-refractivity contribution < 1.29 is 9.53 Å². The van der Waals surface area contributed by atoms with E-state index in [2.05, 4.69) is 26.1 Å². The molecule has 4 nitrogen and oxygen atoms in total. The summed E-state index contributed by atoms with van der Waals surface area (Å²) in [7, 11) is 0. The normalized spacial score (nSPS) is 14.3. The minimum atomic E-state index is -0.674. The van der Waals surface area contributed by atoms with E-state index in [-0.39, 0.29) is 0 Å². The van der Waals surface area contributed by atoms with Gasteiger partial charge in [-0.25, -0.2) is 4.79 Å². The lowest BCUT2D eigenvalue weighted by atomic mass is 9.94. The topological polar surface area (TPSA) is 64.3 Å². The number of nitrogens with one attached hydrogen (secondary N) is 1. The summed E-state index contributed by atoms with van der Waals surface area (Å²) >= 11 is 0. The van der Waals surface area contributed by atoms with Crippen molar-refractivity contribution in [3.8, 4) is 0 Å². The molecule has 0 aromatic heterocycles. The van der Waals surface area contributed by atoms with Crippen molar-refractivity contribution in [2.75, 3.05) is 13.2 Å². The van der Waals surface area contributed by atoms with E-state index in [1.165, 1.54) is 12.8 Å². The zero-order valence-corrected chi connectivity index (χ0v) is 11.5. The van der Waals surface area contributed by atoms with E-state index in [1.807, 2.05) is 0 Å². The molecular weight excluding hydrogens is 216 g/mol. The molecule has 0 aromatic carbocycles. The van der Waals surface area contributed by atoms with Crippen LogP contribution in [0.2, 0.25) is 0 Å². The summed E-state index contributed by atoms with van der Waals surface area (Å²) in [5.74, 6) is 0.360. The molecule has 0 bridgehead atoms. The number of nitrogens with two attached hydrogens (primary N) is 1. The second-order valence-electron chi connectivity index (χ2n) is 4.50. The van der Waals surface area contributed by atoms with E-state index in [4.69, 9.17) is 10.5 Å². The fraction of sp³-hybridized carbons (Fsp3) is 0.923. The molecular formula is C13H28N2O2. The van der Waals surface area contributed by atoms with Gasteiger partial charge in [-0.2, -0.15) is 0 Å². The smallest absolute Gasteiger partial charge is 0.404 e. The van der Waals surface area contributed by atoms with Crippen LogP contribution in [0.3, 0.4) is 0 Å². The number of rotatable bonds is 10. The molecule has 17 heavy (non-hydrogen) atoms. The fourth-order valence-electron chi connectivity index (χ4n) is 1.99. The minimum Gasteiger partial charge on any atom is -0.449 e. The van der Waals surface area contributed by atoms with Gasteiger partial charge in [-0.1, -0.05) is 33.6 Å².